The molecule has 5 nitrogen and oxygen atoms in total. The summed E-state index contributed by atoms with van der Waals surface area (Å²) < 4.78 is 39.3. The molecule has 0 spiro atoms. The molecule has 0 aliphatic heterocycles. The summed E-state index contributed by atoms with van der Waals surface area (Å²) in [5, 5.41) is 3.24. The SMILES string of the molecule is O=C(Nc1ccccn1)c1ccc2cncc(-c3cccc(C(F)(F)F)c3)c2n1. The number of alkyl halides is 3. The molecule has 29 heavy (non-hydrogen) atoms. The monoisotopic (exact) mass is 394 g/mol. The molecule has 0 aliphatic carbocycles. The first-order valence-corrected chi connectivity index (χ1v) is 8.56. The maximum absolute atomic E-state index is 13.1. The molecule has 0 fully saturated rings. The Labute approximate surface area is 163 Å². The van der Waals surface area contributed by atoms with Gasteiger partial charge in [0, 0.05) is 29.5 Å². The van der Waals surface area contributed by atoms with Crippen LogP contribution in [0, 0.1) is 0 Å². The van der Waals surface area contributed by atoms with E-state index < -0.39 is 17.6 Å². The molecule has 1 amide bonds. The second-order valence-electron chi connectivity index (χ2n) is 6.20. The fourth-order valence-corrected chi connectivity index (χ4v) is 2.86. The number of nitrogens with one attached hydrogen (secondary N) is 1. The Balaban J connectivity index is 1.76. The molecular weight excluding hydrogens is 381 g/mol. The minimum absolute atomic E-state index is 0.113. The standard InChI is InChI=1S/C21H13F3N4O/c22-21(23,24)15-5-3-4-13(10-15)16-12-25-11-14-7-8-17(27-19(14)16)20(29)28-18-6-1-2-9-26-18/h1-12H,(H,26,28,29). The molecule has 0 unspecified atom stereocenters. The van der Waals surface area contributed by atoms with E-state index in [0.29, 0.717) is 27.8 Å². The van der Waals surface area contributed by atoms with Gasteiger partial charge in [-0.05, 0) is 42.0 Å². The van der Waals surface area contributed by atoms with E-state index in [2.05, 4.69) is 20.3 Å². The van der Waals surface area contributed by atoms with Crippen LogP contribution in [-0.4, -0.2) is 20.9 Å². The highest BCUT2D eigenvalue weighted by Gasteiger charge is 2.30. The van der Waals surface area contributed by atoms with E-state index >= 15 is 0 Å². The van der Waals surface area contributed by atoms with Gasteiger partial charge in [0.25, 0.3) is 5.91 Å². The Morgan fingerprint density at radius 2 is 1.83 bits per heavy atom. The number of hydrogen-bond acceptors (Lipinski definition) is 4. The van der Waals surface area contributed by atoms with Crippen molar-refractivity contribution < 1.29 is 18.0 Å². The number of benzene rings is 1. The Morgan fingerprint density at radius 1 is 0.966 bits per heavy atom. The van der Waals surface area contributed by atoms with Gasteiger partial charge in [-0.1, -0.05) is 18.2 Å². The number of anilines is 1. The first-order chi connectivity index (χ1) is 13.9. The number of pyridine rings is 3. The lowest BCUT2D eigenvalue weighted by atomic mass is 10.0. The topological polar surface area (TPSA) is 67.8 Å². The number of halogens is 3. The molecule has 4 aromatic rings. The van der Waals surface area contributed by atoms with Crippen LogP contribution in [0.5, 0.6) is 0 Å². The Hall–Kier alpha value is -3.81. The van der Waals surface area contributed by atoms with Crippen molar-refractivity contribution in [2.75, 3.05) is 5.32 Å². The molecule has 0 atom stereocenters. The van der Waals surface area contributed by atoms with Gasteiger partial charge in [-0.2, -0.15) is 13.2 Å². The van der Waals surface area contributed by atoms with E-state index in [1.165, 1.54) is 18.3 Å². The van der Waals surface area contributed by atoms with Crippen LogP contribution in [0.4, 0.5) is 19.0 Å². The van der Waals surface area contributed by atoms with Crippen LogP contribution >= 0.6 is 0 Å². The van der Waals surface area contributed by atoms with Crippen molar-refractivity contribution in [3.05, 3.63) is 84.4 Å². The second kappa shape index (κ2) is 7.31. The van der Waals surface area contributed by atoms with Crippen LogP contribution in [0.3, 0.4) is 0 Å². The molecule has 0 bridgehead atoms. The highest BCUT2D eigenvalue weighted by molar-refractivity contribution is 6.04. The average Bonchev–Trinajstić information content (AvgIpc) is 2.73. The van der Waals surface area contributed by atoms with Gasteiger partial charge in [0.05, 0.1) is 11.1 Å². The minimum atomic E-state index is -4.46. The summed E-state index contributed by atoms with van der Waals surface area (Å²) in [5.74, 6) is -0.107. The molecule has 144 valence electrons. The third kappa shape index (κ3) is 3.91. The van der Waals surface area contributed by atoms with Gasteiger partial charge in [-0.25, -0.2) is 9.97 Å². The number of nitrogens with zero attached hydrogens (tertiary/aromatic N) is 3. The fraction of sp³-hybridized carbons (Fsp3) is 0.0476. The van der Waals surface area contributed by atoms with E-state index in [0.717, 1.165) is 12.1 Å². The summed E-state index contributed by atoms with van der Waals surface area (Å²) in [6, 6.07) is 13.2. The predicted molar refractivity (Wildman–Crippen MR) is 102 cm³/mol. The number of carbonyl (C=O) groups is 1. The van der Waals surface area contributed by atoms with E-state index in [1.54, 1.807) is 42.7 Å². The number of amides is 1. The number of fused-ring (bicyclic) bond motifs is 1. The molecular formula is C21H13F3N4O. The molecule has 8 heteroatoms. The largest absolute Gasteiger partial charge is 0.416 e. The number of aromatic nitrogens is 3. The van der Waals surface area contributed by atoms with Crippen molar-refractivity contribution in [2.45, 2.75) is 6.18 Å². The van der Waals surface area contributed by atoms with Crippen molar-refractivity contribution in [1.29, 1.82) is 0 Å². The van der Waals surface area contributed by atoms with Crippen molar-refractivity contribution in [1.82, 2.24) is 15.0 Å². The molecule has 4 rings (SSSR count). The van der Waals surface area contributed by atoms with Gasteiger partial charge < -0.3 is 5.32 Å². The maximum Gasteiger partial charge on any atom is 0.416 e. The van der Waals surface area contributed by atoms with Crippen LogP contribution in [0.2, 0.25) is 0 Å². The van der Waals surface area contributed by atoms with Gasteiger partial charge in [0.1, 0.15) is 11.5 Å². The zero-order valence-electron chi connectivity index (χ0n) is 14.8. The number of carbonyl (C=O) groups excluding carboxylic acids is 1. The van der Waals surface area contributed by atoms with Crippen LogP contribution < -0.4 is 5.32 Å². The van der Waals surface area contributed by atoms with Gasteiger partial charge in [-0.15, -0.1) is 0 Å². The molecule has 0 saturated carbocycles. The van der Waals surface area contributed by atoms with Gasteiger partial charge in [0.2, 0.25) is 0 Å². The van der Waals surface area contributed by atoms with E-state index in [4.69, 9.17) is 0 Å². The van der Waals surface area contributed by atoms with Crippen LogP contribution in [0.15, 0.2) is 73.2 Å². The molecule has 0 aliphatic rings. The van der Waals surface area contributed by atoms with E-state index in [-0.39, 0.29) is 5.69 Å². The highest BCUT2D eigenvalue weighted by Crippen LogP contribution is 2.33. The van der Waals surface area contributed by atoms with Crippen molar-refractivity contribution in [2.24, 2.45) is 0 Å². The third-order valence-electron chi connectivity index (χ3n) is 4.24. The predicted octanol–water partition coefficient (Wildman–Crippen LogP) is 4.96. The van der Waals surface area contributed by atoms with Gasteiger partial charge >= 0.3 is 6.18 Å². The lowest BCUT2D eigenvalue weighted by molar-refractivity contribution is -0.137. The summed E-state index contributed by atoms with van der Waals surface area (Å²) in [7, 11) is 0. The number of hydrogen-bond donors (Lipinski definition) is 1. The van der Waals surface area contributed by atoms with Crippen LogP contribution in [-0.2, 0) is 6.18 Å². The Bertz CT molecular complexity index is 1190. The lowest BCUT2D eigenvalue weighted by Gasteiger charge is -2.11. The van der Waals surface area contributed by atoms with Crippen molar-refractivity contribution in [3.63, 3.8) is 0 Å². The summed E-state index contributed by atoms with van der Waals surface area (Å²) >= 11 is 0. The molecule has 1 N–H and O–H groups in total. The molecule has 3 heterocycles. The minimum Gasteiger partial charge on any atom is -0.305 e. The van der Waals surface area contributed by atoms with E-state index in [9.17, 15) is 18.0 Å². The van der Waals surface area contributed by atoms with E-state index in [1.807, 2.05) is 0 Å². The zero-order chi connectivity index (χ0) is 20.4. The summed E-state index contributed by atoms with van der Waals surface area (Å²) in [6.45, 7) is 0. The molecule has 1 aromatic carbocycles. The summed E-state index contributed by atoms with van der Waals surface area (Å²) in [6.07, 6.45) is 0.0567. The maximum atomic E-state index is 13.1. The lowest BCUT2D eigenvalue weighted by Crippen LogP contribution is -2.14. The first kappa shape index (κ1) is 18.5. The first-order valence-electron chi connectivity index (χ1n) is 8.56. The van der Waals surface area contributed by atoms with Crippen molar-refractivity contribution in [3.8, 4) is 11.1 Å². The van der Waals surface area contributed by atoms with Crippen LogP contribution in [0.25, 0.3) is 22.0 Å². The fourth-order valence-electron chi connectivity index (χ4n) is 2.86. The third-order valence-corrected chi connectivity index (χ3v) is 4.24. The molecule has 0 radical (unpaired) electrons. The number of rotatable bonds is 3. The summed E-state index contributed by atoms with van der Waals surface area (Å²) in [4.78, 5) is 25.0. The van der Waals surface area contributed by atoms with Crippen molar-refractivity contribution >= 4 is 22.6 Å². The smallest absolute Gasteiger partial charge is 0.305 e. The van der Waals surface area contributed by atoms with Gasteiger partial charge in [-0.3, -0.25) is 9.78 Å². The Kier molecular flexibility index (Phi) is 4.67. The molecule has 3 aromatic heterocycles. The molecule has 0 saturated heterocycles. The quantitative estimate of drug-likeness (QED) is 0.533. The summed E-state index contributed by atoms with van der Waals surface area (Å²) in [5.41, 5.74) is 0.445. The zero-order valence-corrected chi connectivity index (χ0v) is 14.8. The average molecular weight is 394 g/mol. The Morgan fingerprint density at radius 3 is 2.59 bits per heavy atom. The van der Waals surface area contributed by atoms with Crippen LogP contribution in [0.1, 0.15) is 16.1 Å². The second-order valence-corrected chi connectivity index (χ2v) is 6.20. The highest BCUT2D eigenvalue weighted by atomic mass is 19.4. The normalized spacial score (nSPS) is 11.4. The van der Waals surface area contributed by atoms with Gasteiger partial charge in [0.15, 0.2) is 0 Å².